The zero-order valence-electron chi connectivity index (χ0n) is 15.3. The molecule has 2 rings (SSSR count). The molecule has 5 heteroatoms. The Balaban J connectivity index is 2.41. The molecule has 0 spiro atoms. The molecule has 0 aliphatic heterocycles. The van der Waals surface area contributed by atoms with Crippen LogP contribution in [0.5, 0.6) is 0 Å². The van der Waals surface area contributed by atoms with E-state index in [0.717, 1.165) is 31.2 Å². The first-order valence-electron chi connectivity index (χ1n) is 9.26. The lowest BCUT2D eigenvalue weighted by atomic mass is 9.79. The number of unbranched alkanes of at least 4 members (excludes halogenated alkanes) is 3. The molecule has 2 aromatic rings. The van der Waals surface area contributed by atoms with Crippen LogP contribution in [0.4, 0.5) is 0 Å². The molecule has 0 saturated heterocycles. The van der Waals surface area contributed by atoms with Crippen molar-refractivity contribution in [1.29, 1.82) is 0 Å². The highest BCUT2D eigenvalue weighted by Crippen LogP contribution is 2.39. The standard InChI is InChI=1S/C21H29NO3S/c1-2-3-4-8-13-18(17-11-6-5-7-12-17)20(16-23)19-14-9-10-15-21(19)26(22,24)25/h5-7,9-12,14-15,18,20,23H,2-4,8,13,16H2,1H3,(H2,22,24,25)/t18-,20+/m1/s1. The summed E-state index contributed by atoms with van der Waals surface area (Å²) in [6, 6.07) is 16.8. The normalized spacial score (nSPS) is 14.1. The number of primary sulfonamides is 1. The van der Waals surface area contributed by atoms with Crippen molar-refractivity contribution in [3.05, 3.63) is 65.7 Å². The molecule has 0 radical (unpaired) electrons. The Morgan fingerprint density at radius 3 is 2.19 bits per heavy atom. The highest BCUT2D eigenvalue weighted by atomic mass is 32.2. The van der Waals surface area contributed by atoms with Crippen molar-refractivity contribution in [2.75, 3.05) is 6.61 Å². The lowest BCUT2D eigenvalue weighted by Gasteiger charge is -2.28. The topological polar surface area (TPSA) is 80.4 Å². The van der Waals surface area contributed by atoms with Gasteiger partial charge in [-0.2, -0.15) is 0 Å². The van der Waals surface area contributed by atoms with E-state index in [9.17, 15) is 13.5 Å². The van der Waals surface area contributed by atoms with Gasteiger partial charge in [0.2, 0.25) is 10.0 Å². The third-order valence-electron chi connectivity index (χ3n) is 4.90. The Hall–Kier alpha value is -1.69. The molecule has 0 bridgehead atoms. The maximum atomic E-state index is 12.0. The van der Waals surface area contributed by atoms with Crippen LogP contribution in [0.3, 0.4) is 0 Å². The summed E-state index contributed by atoms with van der Waals surface area (Å²) in [7, 11) is -3.84. The monoisotopic (exact) mass is 375 g/mol. The van der Waals surface area contributed by atoms with Crippen LogP contribution >= 0.6 is 0 Å². The fourth-order valence-corrected chi connectivity index (χ4v) is 4.40. The summed E-state index contributed by atoms with van der Waals surface area (Å²) in [4.78, 5) is 0.105. The van der Waals surface area contributed by atoms with Crippen LogP contribution < -0.4 is 5.14 Å². The fourth-order valence-electron chi connectivity index (χ4n) is 3.58. The molecule has 0 unspecified atom stereocenters. The van der Waals surface area contributed by atoms with E-state index < -0.39 is 10.0 Å². The van der Waals surface area contributed by atoms with Crippen LogP contribution in [0.15, 0.2) is 59.5 Å². The van der Waals surface area contributed by atoms with Gasteiger partial charge in [0.15, 0.2) is 0 Å². The van der Waals surface area contributed by atoms with Crippen molar-refractivity contribution in [3.63, 3.8) is 0 Å². The van der Waals surface area contributed by atoms with Gasteiger partial charge < -0.3 is 5.11 Å². The van der Waals surface area contributed by atoms with Gasteiger partial charge in [-0.05, 0) is 29.5 Å². The van der Waals surface area contributed by atoms with Crippen molar-refractivity contribution in [2.24, 2.45) is 5.14 Å². The lowest BCUT2D eigenvalue weighted by Crippen LogP contribution is -2.21. The second kappa shape index (κ2) is 9.86. The van der Waals surface area contributed by atoms with Gasteiger partial charge in [-0.25, -0.2) is 13.6 Å². The summed E-state index contributed by atoms with van der Waals surface area (Å²) in [6.45, 7) is 2.05. The van der Waals surface area contributed by atoms with Gasteiger partial charge >= 0.3 is 0 Å². The molecule has 2 aromatic carbocycles. The zero-order chi connectivity index (χ0) is 19.0. The average molecular weight is 376 g/mol. The van der Waals surface area contributed by atoms with Crippen molar-refractivity contribution in [1.82, 2.24) is 0 Å². The molecule has 2 atom stereocenters. The van der Waals surface area contributed by atoms with Gasteiger partial charge in [0.05, 0.1) is 11.5 Å². The summed E-state index contributed by atoms with van der Waals surface area (Å²) >= 11 is 0. The highest BCUT2D eigenvalue weighted by molar-refractivity contribution is 7.89. The van der Waals surface area contributed by atoms with E-state index in [1.54, 1.807) is 18.2 Å². The third-order valence-corrected chi connectivity index (χ3v) is 5.89. The zero-order valence-corrected chi connectivity index (χ0v) is 16.2. The Labute approximate surface area is 157 Å². The lowest BCUT2D eigenvalue weighted by molar-refractivity contribution is 0.241. The smallest absolute Gasteiger partial charge is 0.238 e. The van der Waals surface area contributed by atoms with Gasteiger partial charge in [0.1, 0.15) is 0 Å². The maximum Gasteiger partial charge on any atom is 0.238 e. The largest absolute Gasteiger partial charge is 0.396 e. The second-order valence-corrected chi connectivity index (χ2v) is 8.27. The van der Waals surface area contributed by atoms with Gasteiger partial charge in [-0.1, -0.05) is 81.1 Å². The minimum Gasteiger partial charge on any atom is -0.396 e. The maximum absolute atomic E-state index is 12.0. The van der Waals surface area contributed by atoms with Crippen LogP contribution in [0.1, 0.15) is 62.0 Å². The average Bonchev–Trinajstić information content (AvgIpc) is 2.64. The van der Waals surface area contributed by atoms with Crippen LogP contribution in [0.2, 0.25) is 0 Å². The summed E-state index contributed by atoms with van der Waals surface area (Å²) in [5.41, 5.74) is 1.72. The number of aliphatic hydroxyl groups excluding tert-OH is 1. The second-order valence-electron chi connectivity index (χ2n) is 6.74. The summed E-state index contributed by atoms with van der Waals surface area (Å²) < 4.78 is 24.1. The van der Waals surface area contributed by atoms with Crippen molar-refractivity contribution in [3.8, 4) is 0 Å². The molecule has 0 amide bonds. The molecule has 0 heterocycles. The molecule has 26 heavy (non-hydrogen) atoms. The number of nitrogens with two attached hydrogens (primary N) is 1. The van der Waals surface area contributed by atoms with Gasteiger partial charge in [0.25, 0.3) is 0 Å². The molecule has 0 fully saturated rings. The van der Waals surface area contributed by atoms with Crippen molar-refractivity contribution >= 4 is 10.0 Å². The molecule has 0 aliphatic rings. The van der Waals surface area contributed by atoms with Crippen LogP contribution in [0, 0.1) is 0 Å². The first kappa shape index (κ1) is 20.6. The number of hydrogen-bond acceptors (Lipinski definition) is 3. The van der Waals surface area contributed by atoms with Crippen LogP contribution in [-0.4, -0.2) is 20.1 Å². The molecular weight excluding hydrogens is 346 g/mol. The van der Waals surface area contributed by atoms with E-state index in [4.69, 9.17) is 5.14 Å². The van der Waals surface area contributed by atoms with Crippen molar-refractivity contribution < 1.29 is 13.5 Å². The van der Waals surface area contributed by atoms with E-state index in [-0.39, 0.29) is 23.3 Å². The van der Waals surface area contributed by atoms with Crippen molar-refractivity contribution in [2.45, 2.75) is 55.8 Å². The molecular formula is C21H29NO3S. The summed E-state index contributed by atoms with van der Waals surface area (Å²) in [6.07, 6.45) is 5.41. The summed E-state index contributed by atoms with van der Waals surface area (Å²) in [5, 5.41) is 15.6. The minimum absolute atomic E-state index is 0.0426. The molecule has 0 aliphatic carbocycles. The number of hydrogen-bond donors (Lipinski definition) is 2. The molecule has 3 N–H and O–H groups in total. The third kappa shape index (κ3) is 5.40. The number of aliphatic hydroxyl groups is 1. The predicted octanol–water partition coefficient (Wildman–Crippen LogP) is 4.16. The predicted molar refractivity (Wildman–Crippen MR) is 106 cm³/mol. The Kier molecular flexibility index (Phi) is 7.82. The molecule has 0 saturated carbocycles. The van der Waals surface area contributed by atoms with E-state index in [2.05, 4.69) is 6.92 Å². The molecule has 0 aromatic heterocycles. The van der Waals surface area contributed by atoms with E-state index >= 15 is 0 Å². The number of rotatable bonds is 10. The van der Waals surface area contributed by atoms with Gasteiger partial charge in [-0.3, -0.25) is 0 Å². The summed E-state index contributed by atoms with van der Waals surface area (Å²) in [5.74, 6) is -0.269. The Bertz CT molecular complexity index is 775. The molecule has 142 valence electrons. The number of benzene rings is 2. The SMILES string of the molecule is CCCCCC[C@H](c1ccccc1)[C@H](CO)c1ccccc1S(N)(=O)=O. The number of sulfonamides is 1. The van der Waals surface area contributed by atoms with Gasteiger partial charge in [0, 0.05) is 5.92 Å². The first-order chi connectivity index (χ1) is 12.5. The van der Waals surface area contributed by atoms with Crippen LogP contribution in [-0.2, 0) is 10.0 Å². The van der Waals surface area contributed by atoms with E-state index in [1.165, 1.54) is 12.5 Å². The quantitative estimate of drug-likeness (QED) is 0.612. The Morgan fingerprint density at radius 1 is 0.923 bits per heavy atom. The van der Waals surface area contributed by atoms with E-state index in [0.29, 0.717) is 5.56 Å². The fraction of sp³-hybridized carbons (Fsp3) is 0.429. The Morgan fingerprint density at radius 2 is 1.58 bits per heavy atom. The highest BCUT2D eigenvalue weighted by Gasteiger charge is 2.28. The first-order valence-corrected chi connectivity index (χ1v) is 10.8. The van der Waals surface area contributed by atoms with Crippen LogP contribution in [0.25, 0.3) is 0 Å². The van der Waals surface area contributed by atoms with Gasteiger partial charge in [-0.15, -0.1) is 0 Å². The minimum atomic E-state index is -3.84. The molecule has 4 nitrogen and oxygen atoms in total. The van der Waals surface area contributed by atoms with E-state index in [1.807, 2.05) is 30.3 Å².